The third-order valence-electron chi connectivity index (χ3n) is 4.82. The number of hydrogen-bond donors (Lipinski definition) is 0. The number of hydrogen-bond acceptors (Lipinski definition) is 5. The quantitative estimate of drug-likeness (QED) is 0.665. The van der Waals surface area contributed by atoms with E-state index in [1.165, 1.54) is 12.8 Å². The van der Waals surface area contributed by atoms with Crippen molar-refractivity contribution in [3.05, 3.63) is 48.8 Å². The van der Waals surface area contributed by atoms with Gasteiger partial charge in [-0.3, -0.25) is 4.98 Å². The molecule has 5 nitrogen and oxygen atoms in total. The van der Waals surface area contributed by atoms with Gasteiger partial charge >= 0.3 is 0 Å². The summed E-state index contributed by atoms with van der Waals surface area (Å²) in [4.78, 5) is 16.0. The van der Waals surface area contributed by atoms with Crippen LogP contribution in [0.4, 0.5) is 5.95 Å². The van der Waals surface area contributed by atoms with E-state index in [9.17, 15) is 0 Å². The summed E-state index contributed by atoms with van der Waals surface area (Å²) in [5, 5.41) is 0. The second-order valence-electron chi connectivity index (χ2n) is 6.75. The summed E-state index contributed by atoms with van der Waals surface area (Å²) >= 11 is 0. The third kappa shape index (κ3) is 3.58. The van der Waals surface area contributed by atoms with E-state index in [4.69, 9.17) is 9.40 Å². The predicted octanol–water partition coefficient (Wildman–Crippen LogP) is 4.77. The van der Waals surface area contributed by atoms with Gasteiger partial charge < -0.3 is 9.32 Å². The maximum atomic E-state index is 5.53. The number of rotatable bonds is 3. The van der Waals surface area contributed by atoms with Gasteiger partial charge in [-0.25, -0.2) is 9.97 Å². The molecule has 3 aromatic heterocycles. The molecule has 1 unspecified atom stereocenters. The van der Waals surface area contributed by atoms with Crippen LogP contribution in [-0.4, -0.2) is 28.0 Å². The minimum Gasteiger partial charge on any atom is -0.469 e. The van der Waals surface area contributed by atoms with Crippen molar-refractivity contribution in [2.24, 2.45) is 5.92 Å². The van der Waals surface area contributed by atoms with E-state index >= 15 is 0 Å². The van der Waals surface area contributed by atoms with Crippen LogP contribution < -0.4 is 4.90 Å². The van der Waals surface area contributed by atoms with Crippen molar-refractivity contribution < 1.29 is 4.42 Å². The van der Waals surface area contributed by atoms with Crippen molar-refractivity contribution in [3.8, 4) is 22.4 Å². The standard InChI is InChI=1S/C20H22N4O.ClH/c1-14-4-3-10-24(13-14)20-22-12-18(16-5-8-21-9-6-16)19(23-20)17-7-11-25-15(17)2;/h5-9,11-12,14H,3-4,10,13H2,1-2H3;1H. The first kappa shape index (κ1) is 18.4. The van der Waals surface area contributed by atoms with E-state index in [0.29, 0.717) is 5.92 Å². The Kier molecular flexibility index (Phi) is 5.57. The number of aryl methyl sites for hydroxylation is 1. The highest BCUT2D eigenvalue weighted by Crippen LogP contribution is 2.34. The largest absolute Gasteiger partial charge is 0.469 e. The van der Waals surface area contributed by atoms with Crippen LogP contribution in [0.25, 0.3) is 22.4 Å². The van der Waals surface area contributed by atoms with Crippen molar-refractivity contribution in [1.82, 2.24) is 15.0 Å². The molecule has 1 aliphatic heterocycles. The molecule has 0 radical (unpaired) electrons. The molecule has 0 saturated carbocycles. The number of halogens is 1. The molecule has 1 saturated heterocycles. The SMILES string of the molecule is Cc1occc1-c1nc(N2CCCC(C)C2)ncc1-c1ccncc1.Cl. The second kappa shape index (κ2) is 7.87. The smallest absolute Gasteiger partial charge is 0.225 e. The topological polar surface area (TPSA) is 55.1 Å². The lowest BCUT2D eigenvalue weighted by molar-refractivity contribution is 0.442. The first-order valence-electron chi connectivity index (χ1n) is 8.79. The second-order valence-corrected chi connectivity index (χ2v) is 6.75. The average Bonchev–Trinajstić information content (AvgIpc) is 3.08. The van der Waals surface area contributed by atoms with Crippen LogP contribution in [0.3, 0.4) is 0 Å². The highest BCUT2D eigenvalue weighted by atomic mass is 35.5. The number of nitrogens with zero attached hydrogens (tertiary/aromatic N) is 4. The lowest BCUT2D eigenvalue weighted by atomic mass is 10.0. The van der Waals surface area contributed by atoms with Crippen molar-refractivity contribution in [3.63, 3.8) is 0 Å². The Balaban J connectivity index is 0.00000196. The Hall–Kier alpha value is -2.40. The average molecular weight is 371 g/mol. The first-order chi connectivity index (χ1) is 12.2. The molecule has 4 heterocycles. The maximum absolute atomic E-state index is 5.53. The van der Waals surface area contributed by atoms with Crippen LogP contribution >= 0.6 is 12.4 Å². The van der Waals surface area contributed by atoms with E-state index in [2.05, 4.69) is 21.8 Å². The molecule has 6 heteroatoms. The number of piperidine rings is 1. The molecular weight excluding hydrogens is 348 g/mol. The minimum absolute atomic E-state index is 0. The lowest BCUT2D eigenvalue weighted by Crippen LogP contribution is -2.35. The lowest BCUT2D eigenvalue weighted by Gasteiger charge is -2.31. The summed E-state index contributed by atoms with van der Waals surface area (Å²) in [6.07, 6.45) is 9.70. The minimum atomic E-state index is 0. The fourth-order valence-corrected chi connectivity index (χ4v) is 3.47. The number of aromatic nitrogens is 3. The fraction of sp³-hybridized carbons (Fsp3) is 0.350. The number of furan rings is 1. The van der Waals surface area contributed by atoms with Crippen molar-refractivity contribution in [2.45, 2.75) is 26.7 Å². The molecule has 0 bridgehead atoms. The van der Waals surface area contributed by atoms with Gasteiger partial charge in [0.2, 0.25) is 5.95 Å². The molecular formula is C20H23ClN4O. The van der Waals surface area contributed by atoms with Crippen LogP contribution in [0.15, 0.2) is 47.5 Å². The first-order valence-corrected chi connectivity index (χ1v) is 8.79. The van der Waals surface area contributed by atoms with Gasteiger partial charge in [0.25, 0.3) is 0 Å². The van der Waals surface area contributed by atoms with E-state index in [1.54, 1.807) is 18.7 Å². The molecule has 0 aromatic carbocycles. The summed E-state index contributed by atoms with van der Waals surface area (Å²) in [5.74, 6) is 2.35. The number of anilines is 1. The molecule has 0 amide bonds. The summed E-state index contributed by atoms with van der Waals surface area (Å²) in [6, 6.07) is 5.95. The van der Waals surface area contributed by atoms with E-state index in [0.717, 1.165) is 47.2 Å². The zero-order valence-corrected chi connectivity index (χ0v) is 15.9. The molecule has 1 atom stereocenters. The van der Waals surface area contributed by atoms with Crippen LogP contribution in [0.5, 0.6) is 0 Å². The van der Waals surface area contributed by atoms with Gasteiger partial charge in [-0.15, -0.1) is 12.4 Å². The zero-order valence-electron chi connectivity index (χ0n) is 15.1. The molecule has 26 heavy (non-hydrogen) atoms. The molecule has 0 N–H and O–H groups in total. The highest BCUT2D eigenvalue weighted by molar-refractivity contribution is 5.85. The molecule has 1 aliphatic rings. The van der Waals surface area contributed by atoms with Gasteiger partial charge in [-0.2, -0.15) is 0 Å². The maximum Gasteiger partial charge on any atom is 0.225 e. The summed E-state index contributed by atoms with van der Waals surface area (Å²) in [6.45, 7) is 6.29. The van der Waals surface area contributed by atoms with E-state index < -0.39 is 0 Å². The number of pyridine rings is 1. The Morgan fingerprint density at radius 1 is 1.15 bits per heavy atom. The third-order valence-corrected chi connectivity index (χ3v) is 4.82. The molecule has 3 aromatic rings. The Bertz CT molecular complexity index is 865. The van der Waals surface area contributed by atoms with E-state index in [1.807, 2.05) is 31.3 Å². The van der Waals surface area contributed by atoms with Crippen molar-refractivity contribution in [1.29, 1.82) is 0 Å². The monoisotopic (exact) mass is 370 g/mol. The predicted molar refractivity (Wildman–Crippen MR) is 106 cm³/mol. The van der Waals surface area contributed by atoms with Gasteiger partial charge in [-0.05, 0) is 49.4 Å². The molecule has 0 spiro atoms. The molecule has 4 rings (SSSR count). The fourth-order valence-electron chi connectivity index (χ4n) is 3.47. The Morgan fingerprint density at radius 2 is 1.96 bits per heavy atom. The van der Waals surface area contributed by atoms with Crippen LogP contribution in [0, 0.1) is 12.8 Å². The molecule has 0 aliphatic carbocycles. The molecule has 1 fully saturated rings. The van der Waals surface area contributed by atoms with Crippen molar-refractivity contribution in [2.75, 3.05) is 18.0 Å². The van der Waals surface area contributed by atoms with Crippen molar-refractivity contribution >= 4 is 18.4 Å². The molecule has 136 valence electrons. The highest BCUT2D eigenvalue weighted by Gasteiger charge is 2.21. The van der Waals surface area contributed by atoms with Gasteiger partial charge in [0.05, 0.1) is 12.0 Å². The summed E-state index contributed by atoms with van der Waals surface area (Å²) in [5.41, 5.74) is 3.99. The van der Waals surface area contributed by atoms with Crippen LogP contribution in [0.1, 0.15) is 25.5 Å². The van der Waals surface area contributed by atoms with Gasteiger partial charge in [-0.1, -0.05) is 6.92 Å². The van der Waals surface area contributed by atoms with Crippen LogP contribution in [-0.2, 0) is 0 Å². The Morgan fingerprint density at radius 3 is 2.65 bits per heavy atom. The summed E-state index contributed by atoms with van der Waals surface area (Å²) < 4.78 is 5.53. The summed E-state index contributed by atoms with van der Waals surface area (Å²) in [7, 11) is 0. The van der Waals surface area contributed by atoms with Gasteiger partial charge in [0.15, 0.2) is 0 Å². The van der Waals surface area contributed by atoms with Gasteiger partial charge in [0, 0.05) is 42.8 Å². The zero-order chi connectivity index (χ0) is 17.2. The van der Waals surface area contributed by atoms with Gasteiger partial charge in [0.1, 0.15) is 5.76 Å². The Labute approximate surface area is 159 Å². The normalized spacial score (nSPS) is 17.0. The van der Waals surface area contributed by atoms with Crippen LogP contribution in [0.2, 0.25) is 0 Å². The van der Waals surface area contributed by atoms with E-state index in [-0.39, 0.29) is 12.4 Å².